The Morgan fingerprint density at radius 2 is 2.12 bits per heavy atom. The number of carbonyl (C=O) groups excluding carboxylic acids is 1. The van der Waals surface area contributed by atoms with Gasteiger partial charge in [-0.2, -0.15) is 4.98 Å². The van der Waals surface area contributed by atoms with Crippen LogP contribution in [0.5, 0.6) is 11.6 Å². The minimum Gasteiger partial charge on any atom is -0.494 e. The van der Waals surface area contributed by atoms with E-state index in [9.17, 15) is 18.0 Å². The number of rotatable bonds is 15. The van der Waals surface area contributed by atoms with Crippen LogP contribution in [-0.2, 0) is 0 Å². The molecule has 0 saturated heterocycles. The molecular formula is C28H36F3N7O3. The number of hydrogen-bond acceptors (Lipinski definition) is 7. The highest BCUT2D eigenvalue weighted by Crippen LogP contribution is 2.32. The summed E-state index contributed by atoms with van der Waals surface area (Å²) in [5.74, 6) is 0.968. The first kappa shape index (κ1) is 31.4. The first-order valence-corrected chi connectivity index (χ1v) is 13.3. The molecule has 10 nitrogen and oxygen atoms in total. The molecule has 0 bridgehead atoms. The fraction of sp³-hybridized carbons (Fsp3) is 0.464. The quantitative estimate of drug-likeness (QED) is 0.189. The molecule has 0 radical (unpaired) electrons. The molecule has 2 unspecified atom stereocenters. The van der Waals surface area contributed by atoms with Crippen molar-refractivity contribution in [3.05, 3.63) is 54.9 Å². The maximum Gasteiger partial charge on any atom is 0.318 e. The molecular weight excluding hydrogens is 539 g/mol. The van der Waals surface area contributed by atoms with E-state index in [2.05, 4.69) is 31.9 Å². The highest BCUT2D eigenvalue weighted by Gasteiger charge is 2.28. The smallest absolute Gasteiger partial charge is 0.318 e. The van der Waals surface area contributed by atoms with Crippen LogP contribution in [0.1, 0.15) is 50.5 Å². The molecule has 13 heteroatoms. The Labute approximate surface area is 237 Å². The van der Waals surface area contributed by atoms with Crippen molar-refractivity contribution in [1.82, 2.24) is 34.8 Å². The number of imidazole rings is 1. The SMILES string of the molecule is C=CCCOc1nc(-c2cc([C@@H](C)N(CC)C(=O)NC(CCCF)C(F)C=CF)ncc2OC)nn2cc(C)nc12. The number of urea groups is 1. The Hall–Kier alpha value is -4.16. The number of pyridine rings is 1. The number of nitrogens with zero attached hydrogens (tertiary/aromatic N) is 6. The lowest BCUT2D eigenvalue weighted by Gasteiger charge is -2.31. The van der Waals surface area contributed by atoms with Gasteiger partial charge in [-0.15, -0.1) is 11.7 Å². The van der Waals surface area contributed by atoms with Gasteiger partial charge in [0.2, 0.25) is 5.65 Å². The van der Waals surface area contributed by atoms with Crippen molar-refractivity contribution in [2.75, 3.05) is 26.9 Å². The summed E-state index contributed by atoms with van der Waals surface area (Å²) in [5.41, 5.74) is 2.17. The van der Waals surface area contributed by atoms with Gasteiger partial charge in [0, 0.05) is 6.54 Å². The van der Waals surface area contributed by atoms with E-state index in [1.807, 2.05) is 6.92 Å². The van der Waals surface area contributed by atoms with Crippen molar-refractivity contribution < 1.29 is 27.4 Å². The highest BCUT2D eigenvalue weighted by atomic mass is 19.1. The molecule has 0 fully saturated rings. The number of methoxy groups -OCH3 is 1. The molecule has 222 valence electrons. The second-order valence-electron chi connectivity index (χ2n) is 9.24. The van der Waals surface area contributed by atoms with Gasteiger partial charge in [0.1, 0.15) is 11.9 Å². The third-order valence-corrected chi connectivity index (χ3v) is 6.42. The molecule has 2 amide bonds. The average Bonchev–Trinajstić information content (AvgIpc) is 3.35. The fourth-order valence-corrected chi connectivity index (χ4v) is 4.26. The molecule has 0 spiro atoms. The topological polar surface area (TPSA) is 107 Å². The van der Waals surface area contributed by atoms with Gasteiger partial charge in [0.25, 0.3) is 5.88 Å². The Bertz CT molecular complexity index is 1350. The number of amides is 2. The van der Waals surface area contributed by atoms with Crippen molar-refractivity contribution in [3.63, 3.8) is 0 Å². The molecule has 3 heterocycles. The normalized spacial score (nSPS) is 13.6. The van der Waals surface area contributed by atoms with E-state index in [0.717, 1.165) is 5.69 Å². The monoisotopic (exact) mass is 575 g/mol. The number of fused-ring (bicyclic) bond motifs is 1. The maximum absolute atomic E-state index is 14.5. The van der Waals surface area contributed by atoms with Crippen LogP contribution in [0.3, 0.4) is 0 Å². The molecule has 0 aromatic carbocycles. The van der Waals surface area contributed by atoms with E-state index in [1.165, 1.54) is 18.2 Å². The van der Waals surface area contributed by atoms with Gasteiger partial charge in [-0.25, -0.2) is 23.1 Å². The van der Waals surface area contributed by atoms with E-state index in [4.69, 9.17) is 9.47 Å². The molecule has 3 aromatic heterocycles. The first-order chi connectivity index (χ1) is 19.8. The zero-order chi connectivity index (χ0) is 29.9. The molecule has 3 aromatic rings. The molecule has 3 rings (SSSR count). The molecule has 0 saturated carbocycles. The van der Waals surface area contributed by atoms with Crippen LogP contribution < -0.4 is 14.8 Å². The van der Waals surface area contributed by atoms with Gasteiger partial charge >= 0.3 is 6.03 Å². The number of halogens is 3. The summed E-state index contributed by atoms with van der Waals surface area (Å²) in [5, 5.41) is 7.18. The Morgan fingerprint density at radius 3 is 2.78 bits per heavy atom. The van der Waals surface area contributed by atoms with E-state index in [0.29, 0.717) is 41.8 Å². The van der Waals surface area contributed by atoms with E-state index in [-0.39, 0.29) is 37.4 Å². The lowest BCUT2D eigenvalue weighted by atomic mass is 10.1. The van der Waals surface area contributed by atoms with Gasteiger partial charge in [0.05, 0.1) is 68.1 Å². The fourth-order valence-electron chi connectivity index (χ4n) is 4.26. The lowest BCUT2D eigenvalue weighted by Crippen LogP contribution is -2.48. The third kappa shape index (κ3) is 7.74. The summed E-state index contributed by atoms with van der Waals surface area (Å²) in [4.78, 5) is 28.2. The van der Waals surface area contributed by atoms with Crippen LogP contribution in [0.4, 0.5) is 18.0 Å². The minimum atomic E-state index is -1.81. The maximum atomic E-state index is 14.5. The van der Waals surface area contributed by atoms with Gasteiger partial charge in [-0.05, 0) is 52.2 Å². The summed E-state index contributed by atoms with van der Waals surface area (Å²) < 4.78 is 52.8. The highest BCUT2D eigenvalue weighted by molar-refractivity contribution is 5.75. The average molecular weight is 576 g/mol. The van der Waals surface area contributed by atoms with Gasteiger partial charge in [-0.3, -0.25) is 9.37 Å². The molecule has 1 N–H and O–H groups in total. The van der Waals surface area contributed by atoms with E-state index >= 15 is 0 Å². The number of hydrogen-bond donors (Lipinski definition) is 1. The Balaban J connectivity index is 1.96. The number of aryl methyl sites for hydroxylation is 1. The van der Waals surface area contributed by atoms with E-state index < -0.39 is 31.0 Å². The first-order valence-electron chi connectivity index (χ1n) is 13.3. The van der Waals surface area contributed by atoms with E-state index in [1.54, 1.807) is 36.7 Å². The van der Waals surface area contributed by atoms with Crippen LogP contribution in [0, 0.1) is 6.92 Å². The summed E-state index contributed by atoms with van der Waals surface area (Å²) in [7, 11) is 1.49. The van der Waals surface area contributed by atoms with Crippen molar-refractivity contribution in [2.45, 2.75) is 58.3 Å². The standard InChI is InChI=1S/C28H36F3N7O3/c1-6-8-14-41-27-26-33-18(3)17-38(26)36-25(35-27)20-15-23(32-16-24(20)40-5)19(4)37(7-2)28(39)34-22(10-9-12-29)21(31)11-13-30/h6,11,13,15-17,19,21-22H,1,7-10,12,14H2,2-5H3,(H,34,39)/t19-,21?,22?/m1/s1. The van der Waals surface area contributed by atoms with Crippen molar-refractivity contribution in [3.8, 4) is 23.0 Å². The number of alkyl halides is 2. The van der Waals surface area contributed by atoms with Crippen LogP contribution >= 0.6 is 0 Å². The molecule has 0 aliphatic heterocycles. The van der Waals surface area contributed by atoms with Gasteiger partial charge in [0.15, 0.2) is 5.82 Å². The van der Waals surface area contributed by atoms with Crippen molar-refractivity contribution in [2.24, 2.45) is 0 Å². The minimum absolute atomic E-state index is 0.00929. The number of carbonyl (C=O) groups is 1. The summed E-state index contributed by atoms with van der Waals surface area (Å²) in [6, 6.07) is -0.558. The number of aromatic nitrogens is 5. The number of nitrogens with one attached hydrogen (secondary N) is 1. The summed E-state index contributed by atoms with van der Waals surface area (Å²) in [6.45, 7) is 8.99. The van der Waals surface area contributed by atoms with Crippen LogP contribution in [0.2, 0.25) is 0 Å². The predicted octanol–water partition coefficient (Wildman–Crippen LogP) is 5.49. The number of ether oxygens (including phenoxy) is 2. The second-order valence-corrected chi connectivity index (χ2v) is 9.24. The van der Waals surface area contributed by atoms with Gasteiger partial charge < -0.3 is 19.7 Å². The molecule has 0 aliphatic rings. The van der Waals surface area contributed by atoms with Crippen LogP contribution in [0.15, 0.2) is 43.5 Å². The zero-order valence-electron chi connectivity index (χ0n) is 23.7. The zero-order valence-corrected chi connectivity index (χ0v) is 23.7. The van der Waals surface area contributed by atoms with Crippen LogP contribution in [-0.4, -0.2) is 74.6 Å². The second kappa shape index (κ2) is 15.0. The Morgan fingerprint density at radius 1 is 1.34 bits per heavy atom. The summed E-state index contributed by atoms with van der Waals surface area (Å²) in [6.07, 6.45) is 4.59. The van der Waals surface area contributed by atoms with Gasteiger partial charge in [-0.1, -0.05) is 6.08 Å². The Kier molecular flexibility index (Phi) is 11.5. The predicted molar refractivity (Wildman–Crippen MR) is 149 cm³/mol. The summed E-state index contributed by atoms with van der Waals surface area (Å²) >= 11 is 0. The largest absolute Gasteiger partial charge is 0.494 e. The van der Waals surface area contributed by atoms with Crippen molar-refractivity contribution in [1.29, 1.82) is 0 Å². The lowest BCUT2D eigenvalue weighted by molar-refractivity contribution is 0.169. The molecule has 0 aliphatic carbocycles. The third-order valence-electron chi connectivity index (χ3n) is 6.42. The van der Waals surface area contributed by atoms with Crippen LogP contribution in [0.25, 0.3) is 17.0 Å². The van der Waals surface area contributed by atoms with Crippen molar-refractivity contribution >= 4 is 11.7 Å². The molecule has 3 atom stereocenters. The molecule has 41 heavy (non-hydrogen) atoms.